The molecule has 0 heterocycles. The van der Waals surface area contributed by atoms with E-state index in [0.29, 0.717) is 28.4 Å². The molecule has 0 aliphatic carbocycles. The van der Waals surface area contributed by atoms with E-state index in [9.17, 15) is 35.3 Å². The highest BCUT2D eigenvalue weighted by atomic mass is 35.5. The molecule has 0 aliphatic heterocycles. The lowest BCUT2D eigenvalue weighted by Crippen LogP contribution is -2.53. The van der Waals surface area contributed by atoms with Gasteiger partial charge in [0.1, 0.15) is 48.1 Å². The summed E-state index contributed by atoms with van der Waals surface area (Å²) in [7, 11) is 1.59. The van der Waals surface area contributed by atoms with Crippen LogP contribution in [0.4, 0.5) is 0 Å². The van der Waals surface area contributed by atoms with Crippen LogP contribution in [0.25, 0.3) is 22.3 Å². The maximum atomic E-state index is 11.9. The minimum atomic E-state index is -1.63. The summed E-state index contributed by atoms with van der Waals surface area (Å²) in [5, 5.41) is 53.4. The first kappa shape index (κ1) is 46.7. The van der Waals surface area contributed by atoms with Crippen LogP contribution >= 0.6 is 11.6 Å². The van der Waals surface area contributed by atoms with Crippen molar-refractivity contribution < 1.29 is 44.2 Å². The zero-order valence-corrected chi connectivity index (χ0v) is 35.1. The second-order valence-corrected chi connectivity index (χ2v) is 14.9. The van der Waals surface area contributed by atoms with Crippen molar-refractivity contribution in [2.24, 2.45) is 4.99 Å². The number of carbonyl (C=O) groups is 2. The van der Waals surface area contributed by atoms with Gasteiger partial charge < -0.3 is 34.6 Å². The van der Waals surface area contributed by atoms with Gasteiger partial charge in [-0.1, -0.05) is 66.7 Å². The van der Waals surface area contributed by atoms with Crippen molar-refractivity contribution in [3.8, 4) is 45.6 Å². The average molecular weight is 839 g/mol. The zero-order chi connectivity index (χ0) is 44.0. The Balaban J connectivity index is 1.56. The molecule has 4 aromatic rings. The fourth-order valence-electron chi connectivity index (χ4n) is 6.10. The summed E-state index contributed by atoms with van der Waals surface area (Å²) in [5.74, 6) is -1.08. The molecule has 0 radical (unpaired) electrons. The van der Waals surface area contributed by atoms with Crippen LogP contribution in [0.15, 0.2) is 102 Å². The van der Waals surface area contributed by atoms with Gasteiger partial charge in [0.05, 0.1) is 24.3 Å². The molecular formula is C46H51ClN4O9. The SMILES string of the molecule is C=C(C#N)/C=C(\C=NC)COc1cc(OCc2cccc(-c3cccc(-c4ccc(OCCNC(C)(CO)C(=O)O)cc4)c3C)c2C)c(Cl)cc1CNC(C)(CO)C(=O)O. The first-order chi connectivity index (χ1) is 28.6. The van der Waals surface area contributed by atoms with E-state index in [1.165, 1.54) is 13.8 Å². The Morgan fingerprint density at radius 3 is 2.08 bits per heavy atom. The van der Waals surface area contributed by atoms with Gasteiger partial charge >= 0.3 is 11.9 Å². The number of aliphatic imine (C=N–C) groups is 1. The van der Waals surface area contributed by atoms with Crippen LogP contribution in [0.5, 0.6) is 17.2 Å². The lowest BCUT2D eigenvalue weighted by Gasteiger charge is -2.25. The minimum Gasteiger partial charge on any atom is -0.492 e. The fraction of sp³-hybridized carbons (Fsp3) is 0.304. The molecule has 6 N–H and O–H groups in total. The summed E-state index contributed by atoms with van der Waals surface area (Å²) in [5.41, 5.74) is 5.31. The van der Waals surface area contributed by atoms with Gasteiger partial charge in [0.2, 0.25) is 0 Å². The monoisotopic (exact) mass is 838 g/mol. The second kappa shape index (κ2) is 21.3. The average Bonchev–Trinajstić information content (AvgIpc) is 3.24. The first-order valence-electron chi connectivity index (χ1n) is 19.0. The van der Waals surface area contributed by atoms with E-state index in [1.54, 1.807) is 31.5 Å². The van der Waals surface area contributed by atoms with Gasteiger partial charge in [0, 0.05) is 49.1 Å². The normalized spacial score (nSPS) is 13.6. The van der Waals surface area contributed by atoms with Gasteiger partial charge in [-0.15, -0.1) is 0 Å². The smallest absolute Gasteiger partial charge is 0.326 e. The van der Waals surface area contributed by atoms with E-state index < -0.39 is 36.2 Å². The van der Waals surface area contributed by atoms with E-state index in [4.69, 9.17) is 25.8 Å². The molecule has 0 spiro atoms. The van der Waals surface area contributed by atoms with Crippen LogP contribution in [-0.4, -0.2) is 89.7 Å². The van der Waals surface area contributed by atoms with Crippen molar-refractivity contribution in [3.05, 3.63) is 124 Å². The van der Waals surface area contributed by atoms with E-state index in [0.717, 1.165) is 38.9 Å². The maximum absolute atomic E-state index is 11.9. The van der Waals surface area contributed by atoms with E-state index in [1.807, 2.05) is 55.5 Å². The number of allylic oxidation sites excluding steroid dienone is 2. The summed E-state index contributed by atoms with van der Waals surface area (Å²) in [6.45, 7) is 10.0. The Hall–Kier alpha value is -6.01. The van der Waals surface area contributed by atoms with Gasteiger partial charge in [0.15, 0.2) is 0 Å². The maximum Gasteiger partial charge on any atom is 0.326 e. The predicted octanol–water partition coefficient (Wildman–Crippen LogP) is 6.68. The highest BCUT2D eigenvalue weighted by Crippen LogP contribution is 2.37. The molecule has 0 aliphatic rings. The number of hydrogen-bond donors (Lipinski definition) is 6. The number of aliphatic hydroxyl groups excluding tert-OH is 2. The molecule has 2 unspecified atom stereocenters. The van der Waals surface area contributed by atoms with Crippen LogP contribution in [0.1, 0.15) is 36.1 Å². The van der Waals surface area contributed by atoms with Crippen molar-refractivity contribution in [2.45, 2.75) is 51.9 Å². The molecule has 2 atom stereocenters. The van der Waals surface area contributed by atoms with Crippen LogP contribution in [0.2, 0.25) is 5.02 Å². The van der Waals surface area contributed by atoms with Crippen LogP contribution in [0.3, 0.4) is 0 Å². The van der Waals surface area contributed by atoms with E-state index >= 15 is 0 Å². The van der Waals surface area contributed by atoms with Crippen LogP contribution in [-0.2, 0) is 22.7 Å². The highest BCUT2D eigenvalue weighted by molar-refractivity contribution is 6.32. The molecule has 0 saturated carbocycles. The molecule has 14 heteroatoms. The van der Waals surface area contributed by atoms with Crippen molar-refractivity contribution >= 4 is 29.8 Å². The zero-order valence-electron chi connectivity index (χ0n) is 34.3. The summed E-state index contributed by atoms with van der Waals surface area (Å²) in [6.07, 6.45) is 3.10. The molecule has 0 amide bonds. The van der Waals surface area contributed by atoms with Gasteiger partial charge in [0.25, 0.3) is 0 Å². The molecule has 316 valence electrons. The number of ether oxygens (including phenoxy) is 3. The molecule has 4 rings (SSSR count). The number of benzene rings is 4. The number of nitrogens with one attached hydrogen (secondary N) is 2. The van der Waals surface area contributed by atoms with E-state index in [2.05, 4.69) is 47.3 Å². The summed E-state index contributed by atoms with van der Waals surface area (Å²) < 4.78 is 18.3. The van der Waals surface area contributed by atoms with Crippen molar-refractivity contribution in [3.63, 3.8) is 0 Å². The van der Waals surface area contributed by atoms with Crippen LogP contribution < -0.4 is 24.8 Å². The predicted molar refractivity (Wildman–Crippen MR) is 232 cm³/mol. The van der Waals surface area contributed by atoms with Gasteiger partial charge in [-0.2, -0.15) is 5.26 Å². The molecule has 4 aromatic carbocycles. The molecule has 13 nitrogen and oxygen atoms in total. The van der Waals surface area contributed by atoms with Crippen LogP contribution in [0, 0.1) is 25.2 Å². The number of nitriles is 1. The molecular weight excluding hydrogens is 788 g/mol. The Kier molecular flexibility index (Phi) is 16.6. The summed E-state index contributed by atoms with van der Waals surface area (Å²) >= 11 is 6.76. The lowest BCUT2D eigenvalue weighted by molar-refractivity contribution is -0.146. The third kappa shape index (κ3) is 11.8. The van der Waals surface area contributed by atoms with E-state index in [-0.39, 0.29) is 43.5 Å². The van der Waals surface area contributed by atoms with Gasteiger partial charge in [-0.25, -0.2) is 0 Å². The lowest BCUT2D eigenvalue weighted by atomic mass is 9.89. The number of carboxylic acids is 2. The molecule has 0 fully saturated rings. The highest BCUT2D eigenvalue weighted by Gasteiger charge is 2.33. The fourth-order valence-corrected chi connectivity index (χ4v) is 6.34. The van der Waals surface area contributed by atoms with Gasteiger partial charge in [-0.3, -0.25) is 25.2 Å². The number of aliphatic carboxylic acids is 2. The number of halogens is 1. The molecule has 0 saturated heterocycles. The van der Waals surface area contributed by atoms with Crippen molar-refractivity contribution in [2.75, 3.05) is 40.0 Å². The Labute approximate surface area is 355 Å². The van der Waals surface area contributed by atoms with Crippen molar-refractivity contribution in [1.82, 2.24) is 10.6 Å². The quantitative estimate of drug-likeness (QED) is 0.0212. The number of carboxylic acid groups (broad SMARTS) is 2. The largest absolute Gasteiger partial charge is 0.492 e. The first-order valence-corrected chi connectivity index (χ1v) is 19.4. The Morgan fingerprint density at radius 2 is 1.47 bits per heavy atom. The number of nitrogens with zero attached hydrogens (tertiary/aromatic N) is 2. The molecule has 60 heavy (non-hydrogen) atoms. The topological polar surface area (TPSA) is 203 Å². The number of hydrogen-bond acceptors (Lipinski definition) is 11. The Bertz CT molecular complexity index is 2290. The van der Waals surface area contributed by atoms with Crippen molar-refractivity contribution in [1.29, 1.82) is 5.26 Å². The standard InChI is InChI=1S/C46H51ClN4O9/c1-29(22-48)19-32(23-49-6)25-59-41-21-42(40(47)20-35(41)24-51-46(5,28-53)44(56)57)60-26-34-9-7-11-38(30(34)2)39-12-8-10-37(31(39)3)33-13-15-36(16-14-33)58-18-17-50-45(4,27-52)43(54)55/h7-16,19-21,23,50-53H,1,17-18,24-28H2,2-6H3,(H,54,55)(H,56,57)/b32-19+,49-23?. The number of rotatable bonds is 22. The third-order valence-electron chi connectivity index (χ3n) is 10.1. The third-order valence-corrected chi connectivity index (χ3v) is 10.4. The summed E-state index contributed by atoms with van der Waals surface area (Å²) in [6, 6.07) is 25.0. The molecule has 0 bridgehead atoms. The molecule has 0 aromatic heterocycles. The van der Waals surface area contributed by atoms with Gasteiger partial charge in [-0.05, 0) is 90.9 Å². The summed E-state index contributed by atoms with van der Waals surface area (Å²) in [4.78, 5) is 27.3. The number of aliphatic hydroxyl groups is 2. The second-order valence-electron chi connectivity index (χ2n) is 14.5. The minimum absolute atomic E-state index is 0.000605. The Morgan fingerprint density at radius 1 is 0.850 bits per heavy atom.